The Bertz CT molecular complexity index is 2770. The van der Waals surface area contributed by atoms with Gasteiger partial charge in [0.2, 0.25) is 0 Å². The van der Waals surface area contributed by atoms with E-state index in [9.17, 15) is 0 Å². The molecule has 0 aliphatic heterocycles. The summed E-state index contributed by atoms with van der Waals surface area (Å²) in [5.74, 6) is 0.871. The first-order valence-corrected chi connectivity index (χ1v) is 18.3. The molecular formula is C45H31NOS2. The van der Waals surface area contributed by atoms with Crippen molar-refractivity contribution < 1.29 is 4.74 Å². The standard InChI is InChI=1S/C45H31NOS2/c1-26-3-4-31-20-35(21-34(31)19-26)29-7-5-27(6-8-29)32-13-16-38-42(24-32)48-45-39-17-14-33(25-43(39)49-44(38)45)28-9-11-30(12-10-28)41-23-36-22-37(47-2)15-18-40(36)46-41/h3-19,21-25,46H,20H2,1-2H3. The Morgan fingerprint density at radius 3 is 1.84 bits per heavy atom. The van der Waals surface area contributed by atoms with Gasteiger partial charge in [-0.1, -0.05) is 103 Å². The third-order valence-electron chi connectivity index (χ3n) is 10.0. The van der Waals surface area contributed by atoms with Crippen LogP contribution in [0.25, 0.3) is 85.6 Å². The molecule has 0 radical (unpaired) electrons. The van der Waals surface area contributed by atoms with Crippen molar-refractivity contribution in [3.05, 3.63) is 150 Å². The molecule has 3 aromatic heterocycles. The van der Waals surface area contributed by atoms with Gasteiger partial charge in [-0.3, -0.25) is 0 Å². The molecular weight excluding hydrogens is 635 g/mol. The van der Waals surface area contributed by atoms with Crippen molar-refractivity contribution in [2.45, 2.75) is 13.3 Å². The number of methoxy groups -OCH3 is 1. The highest BCUT2D eigenvalue weighted by Gasteiger charge is 2.16. The lowest BCUT2D eigenvalue weighted by atomic mass is 9.99. The fourth-order valence-electron chi connectivity index (χ4n) is 7.37. The van der Waals surface area contributed by atoms with Gasteiger partial charge < -0.3 is 9.72 Å². The van der Waals surface area contributed by atoms with Gasteiger partial charge in [-0.2, -0.15) is 0 Å². The lowest BCUT2D eigenvalue weighted by Crippen LogP contribution is -1.86. The van der Waals surface area contributed by atoms with E-state index >= 15 is 0 Å². The Hall–Kier alpha value is -5.42. The molecule has 49 heavy (non-hydrogen) atoms. The summed E-state index contributed by atoms with van der Waals surface area (Å²) in [7, 11) is 1.71. The van der Waals surface area contributed by atoms with E-state index < -0.39 is 0 Å². The summed E-state index contributed by atoms with van der Waals surface area (Å²) in [6.07, 6.45) is 3.37. The molecule has 0 spiro atoms. The first-order valence-electron chi connectivity index (χ1n) is 16.6. The summed E-state index contributed by atoms with van der Waals surface area (Å²) in [5, 5.41) is 3.85. The number of thiophene rings is 2. The number of rotatable bonds is 5. The van der Waals surface area contributed by atoms with Crippen LogP contribution in [0.2, 0.25) is 0 Å². The summed E-state index contributed by atoms with van der Waals surface area (Å²) in [5.41, 5.74) is 15.2. The SMILES string of the molecule is COc1ccc2[nH]c(-c3ccc(-c4ccc5c(c4)sc4c6ccc(-c7ccc(C8=Cc9cc(C)ccc9C8)cc7)cc6sc54)cc3)cc2c1. The molecule has 0 unspecified atom stereocenters. The van der Waals surface area contributed by atoms with Crippen LogP contribution >= 0.6 is 22.7 Å². The van der Waals surface area contributed by atoms with E-state index in [4.69, 9.17) is 4.74 Å². The van der Waals surface area contributed by atoms with Crippen molar-refractivity contribution in [2.24, 2.45) is 0 Å². The van der Waals surface area contributed by atoms with Gasteiger partial charge in [-0.05, 0) is 99.8 Å². The molecule has 4 heteroatoms. The summed E-state index contributed by atoms with van der Waals surface area (Å²) in [4.78, 5) is 3.55. The number of hydrogen-bond acceptors (Lipinski definition) is 3. The van der Waals surface area contributed by atoms with Crippen LogP contribution in [0.3, 0.4) is 0 Å². The Morgan fingerprint density at radius 1 is 0.571 bits per heavy atom. The molecule has 0 saturated heterocycles. The number of hydrogen-bond donors (Lipinski definition) is 1. The van der Waals surface area contributed by atoms with Crippen molar-refractivity contribution in [2.75, 3.05) is 7.11 Å². The fourth-order valence-corrected chi connectivity index (χ4v) is 10.1. The molecule has 2 nitrogen and oxygen atoms in total. The second-order valence-corrected chi connectivity index (χ2v) is 15.2. The van der Waals surface area contributed by atoms with Crippen molar-refractivity contribution >= 4 is 74.8 Å². The number of aryl methyl sites for hydroxylation is 1. The van der Waals surface area contributed by atoms with Crippen molar-refractivity contribution in [3.8, 4) is 39.3 Å². The predicted molar refractivity (Wildman–Crippen MR) is 212 cm³/mol. The van der Waals surface area contributed by atoms with Gasteiger partial charge in [0.05, 0.1) is 16.5 Å². The second-order valence-electron chi connectivity index (χ2n) is 13.1. The number of allylic oxidation sites excluding steroid dienone is 1. The first kappa shape index (κ1) is 28.6. The molecule has 234 valence electrons. The molecule has 3 heterocycles. The Morgan fingerprint density at radius 2 is 1.18 bits per heavy atom. The largest absolute Gasteiger partial charge is 0.497 e. The minimum Gasteiger partial charge on any atom is -0.497 e. The molecule has 0 fully saturated rings. The molecule has 0 saturated carbocycles. The van der Waals surface area contributed by atoms with Crippen LogP contribution in [-0.2, 0) is 6.42 Å². The summed E-state index contributed by atoms with van der Waals surface area (Å²) < 4.78 is 10.9. The Kier molecular flexibility index (Phi) is 6.45. The third kappa shape index (κ3) is 4.82. The smallest absolute Gasteiger partial charge is 0.119 e. The number of benzene rings is 6. The van der Waals surface area contributed by atoms with Crippen molar-refractivity contribution in [1.82, 2.24) is 4.98 Å². The normalized spacial score (nSPS) is 12.7. The van der Waals surface area contributed by atoms with E-state index in [1.807, 2.05) is 28.7 Å². The van der Waals surface area contributed by atoms with Crippen LogP contribution in [0, 0.1) is 6.92 Å². The number of aromatic amines is 1. The average molecular weight is 666 g/mol. The molecule has 9 aromatic rings. The monoisotopic (exact) mass is 665 g/mol. The quantitative estimate of drug-likeness (QED) is 0.194. The van der Waals surface area contributed by atoms with Gasteiger partial charge in [-0.15, -0.1) is 22.7 Å². The van der Waals surface area contributed by atoms with Crippen LogP contribution in [-0.4, -0.2) is 12.1 Å². The minimum absolute atomic E-state index is 0.871. The second kappa shape index (κ2) is 11.1. The molecule has 10 rings (SSSR count). The van der Waals surface area contributed by atoms with Gasteiger partial charge in [-0.25, -0.2) is 0 Å². The molecule has 0 atom stereocenters. The molecule has 6 aromatic carbocycles. The number of ether oxygens (including phenoxy) is 1. The highest BCUT2D eigenvalue weighted by atomic mass is 32.1. The lowest BCUT2D eigenvalue weighted by Gasteiger charge is -2.06. The highest BCUT2D eigenvalue weighted by molar-refractivity contribution is 7.36. The van der Waals surface area contributed by atoms with E-state index in [1.54, 1.807) is 7.11 Å². The molecule has 0 amide bonds. The van der Waals surface area contributed by atoms with E-state index in [-0.39, 0.29) is 0 Å². The van der Waals surface area contributed by atoms with E-state index in [0.717, 1.165) is 28.8 Å². The van der Waals surface area contributed by atoms with E-state index in [2.05, 4.69) is 139 Å². The number of nitrogens with one attached hydrogen (secondary N) is 1. The maximum Gasteiger partial charge on any atom is 0.119 e. The average Bonchev–Trinajstić information content (AvgIpc) is 3.92. The van der Waals surface area contributed by atoms with Gasteiger partial charge >= 0.3 is 0 Å². The number of aromatic nitrogens is 1. The molecule has 0 bridgehead atoms. The van der Waals surface area contributed by atoms with Crippen LogP contribution in [0.15, 0.2) is 127 Å². The van der Waals surface area contributed by atoms with Gasteiger partial charge in [0, 0.05) is 36.8 Å². The third-order valence-corrected chi connectivity index (χ3v) is 12.5. The van der Waals surface area contributed by atoms with Crippen LogP contribution in [0.1, 0.15) is 22.3 Å². The number of H-pyrrole nitrogens is 1. The van der Waals surface area contributed by atoms with Gasteiger partial charge in [0.1, 0.15) is 5.75 Å². The van der Waals surface area contributed by atoms with Gasteiger partial charge in [0.15, 0.2) is 0 Å². The maximum atomic E-state index is 5.40. The van der Waals surface area contributed by atoms with Crippen molar-refractivity contribution in [1.29, 1.82) is 0 Å². The Balaban J connectivity index is 0.919. The van der Waals surface area contributed by atoms with E-state index in [1.165, 1.54) is 85.2 Å². The Labute approximate surface area is 292 Å². The van der Waals surface area contributed by atoms with Crippen molar-refractivity contribution in [3.63, 3.8) is 0 Å². The molecule has 1 aliphatic rings. The van der Waals surface area contributed by atoms with Gasteiger partial charge in [0.25, 0.3) is 0 Å². The first-order chi connectivity index (χ1) is 24.1. The zero-order chi connectivity index (χ0) is 32.6. The highest BCUT2D eigenvalue weighted by Crippen LogP contribution is 2.46. The van der Waals surface area contributed by atoms with Crippen LogP contribution < -0.4 is 4.74 Å². The zero-order valence-electron chi connectivity index (χ0n) is 27.1. The fraction of sp³-hybridized carbons (Fsp3) is 0.0667. The van der Waals surface area contributed by atoms with Crippen LogP contribution in [0.4, 0.5) is 0 Å². The summed E-state index contributed by atoms with van der Waals surface area (Å²) in [6.45, 7) is 2.17. The molecule has 1 N–H and O–H groups in total. The van der Waals surface area contributed by atoms with Crippen LogP contribution in [0.5, 0.6) is 5.75 Å². The minimum atomic E-state index is 0.871. The maximum absolute atomic E-state index is 5.40. The lowest BCUT2D eigenvalue weighted by molar-refractivity contribution is 0.415. The zero-order valence-corrected chi connectivity index (χ0v) is 28.8. The predicted octanol–water partition coefficient (Wildman–Crippen LogP) is 13.2. The molecule has 1 aliphatic carbocycles. The number of fused-ring (bicyclic) bond motifs is 7. The topological polar surface area (TPSA) is 25.0 Å². The summed E-state index contributed by atoms with van der Waals surface area (Å²) in [6, 6.07) is 47.1. The van der Waals surface area contributed by atoms with E-state index in [0.29, 0.717) is 0 Å². The summed E-state index contributed by atoms with van der Waals surface area (Å²) >= 11 is 3.83.